The van der Waals surface area contributed by atoms with E-state index in [0.29, 0.717) is 6.67 Å². The van der Waals surface area contributed by atoms with Crippen molar-refractivity contribution in [1.82, 2.24) is 9.55 Å². The molecule has 0 bridgehead atoms. The third kappa shape index (κ3) is 7.90. The maximum atomic E-state index is 6.93. The monoisotopic (exact) mass is 1000 g/mol. The predicted octanol–water partition coefficient (Wildman–Crippen LogP) is 14.4. The summed E-state index contributed by atoms with van der Waals surface area (Å²) in [4.78, 5) is 10.1. The number of fused-ring (bicyclic) bond motifs is 5. The Labute approximate surface area is 423 Å². The first kappa shape index (κ1) is 44.8. The number of anilines is 4. The van der Waals surface area contributed by atoms with E-state index < -0.39 is 13.3 Å². The van der Waals surface area contributed by atoms with Crippen molar-refractivity contribution in [3.8, 4) is 16.6 Å². The first-order valence-corrected chi connectivity index (χ1v) is 29.6. The largest absolute Gasteiger partial charge is 0.0667 e. The quantitative estimate of drug-likeness (QED) is 0.135. The summed E-state index contributed by atoms with van der Waals surface area (Å²) in [5.74, 6) is 1.54. The molecule has 0 unspecified atom stereocenters. The Bertz CT molecular complexity index is 3590. The normalized spacial score (nSPS) is 13.1. The molecule has 0 amide bonds. The first-order chi connectivity index (χ1) is 34.4. The predicted molar refractivity (Wildman–Crippen MR) is 304 cm³/mol. The van der Waals surface area contributed by atoms with Crippen molar-refractivity contribution in [3.63, 3.8) is 0 Å². The molecule has 71 heavy (non-hydrogen) atoms. The van der Waals surface area contributed by atoms with E-state index in [9.17, 15) is 0 Å². The van der Waals surface area contributed by atoms with Crippen LogP contribution in [-0.2, 0) is 10.8 Å². The minimum atomic E-state index is -3.57. The van der Waals surface area contributed by atoms with E-state index in [1.54, 1.807) is 11.3 Å². The molecule has 0 N–H and O–H groups in total. The SMILES string of the molecule is CC(C)(C)c1cc(N2CN(c3cccc(Oc4ccc5c6c[c]([Ge]([c]7ccccc7)([c]7ccccc7)[c]7ccccc7)ccc6n(-c6nc7ccccc7s6)c5c4)c3)c3ccccc32)cc(C(C)(C)C)c1. The number of aromatic nitrogens is 2. The molecule has 9 aromatic carbocycles. The van der Waals surface area contributed by atoms with E-state index in [0.717, 1.165) is 49.0 Å². The maximum absolute atomic E-state index is 6.93. The Kier molecular flexibility index (Phi) is 11.0. The molecule has 1 aliphatic rings. The van der Waals surface area contributed by atoms with E-state index in [1.807, 2.05) is 0 Å². The molecular weight excluding hydrogens is 945 g/mol. The standard InChI is InChI=1S/C64H56GeN4OS/c1-63(2,3)44-37-45(64(4,5)6)39-51(38-44)68-43-67(58-30-17-18-31-59(58)68)50-27-20-28-52(41-50)70-53-34-35-54-55-40-49(33-36-57(55)69(60(54)42-53)62-66-56-29-16-19-32-61(56)71-62)65(46-21-10-7-11-22-46,47-23-12-8-13-24-47)48-25-14-9-15-26-48/h7-42H,43H2,1-6H3. The van der Waals surface area contributed by atoms with Gasteiger partial charge >= 0.3 is 292 Å². The third-order valence-electron chi connectivity index (χ3n) is 14.3. The molecule has 0 saturated carbocycles. The Hall–Kier alpha value is -7.39. The van der Waals surface area contributed by atoms with Crippen molar-refractivity contribution < 1.29 is 4.74 Å². The molecule has 0 spiro atoms. The van der Waals surface area contributed by atoms with Crippen LogP contribution >= 0.6 is 11.3 Å². The van der Waals surface area contributed by atoms with Crippen LogP contribution in [0.2, 0.25) is 0 Å². The number of hydrogen-bond donors (Lipinski definition) is 0. The number of benzene rings is 9. The summed E-state index contributed by atoms with van der Waals surface area (Å²) in [5.41, 5.74) is 10.5. The van der Waals surface area contributed by atoms with E-state index in [-0.39, 0.29) is 10.8 Å². The Morgan fingerprint density at radius 3 is 1.62 bits per heavy atom. The van der Waals surface area contributed by atoms with Gasteiger partial charge in [-0.25, -0.2) is 0 Å². The third-order valence-corrected chi connectivity index (χ3v) is 25.4. The molecule has 0 aliphatic carbocycles. The molecule has 0 atom stereocenters. The van der Waals surface area contributed by atoms with E-state index in [2.05, 4.69) is 274 Å². The zero-order valence-corrected chi connectivity index (χ0v) is 44.0. The smallest absolute Gasteiger partial charge is 0.0600 e. The molecule has 11 aromatic rings. The van der Waals surface area contributed by atoms with Crippen LogP contribution in [0.25, 0.3) is 37.2 Å². The van der Waals surface area contributed by atoms with Gasteiger partial charge in [0.05, 0.1) is 11.4 Å². The molecule has 12 rings (SSSR count). The minimum Gasteiger partial charge on any atom is -0.0600 e. The second-order valence-corrected chi connectivity index (χ2v) is 29.9. The number of hydrogen-bond acceptors (Lipinski definition) is 5. The molecule has 5 nitrogen and oxygen atoms in total. The fraction of sp³-hybridized carbons (Fsp3) is 0.141. The second-order valence-electron chi connectivity index (χ2n) is 20.9. The van der Waals surface area contributed by atoms with Gasteiger partial charge in [-0.2, -0.15) is 0 Å². The molecule has 0 fully saturated rings. The van der Waals surface area contributed by atoms with E-state index in [4.69, 9.17) is 9.72 Å². The first-order valence-electron chi connectivity index (χ1n) is 24.6. The van der Waals surface area contributed by atoms with Crippen LogP contribution < -0.4 is 32.1 Å². The van der Waals surface area contributed by atoms with Gasteiger partial charge in [-0.3, -0.25) is 0 Å². The Morgan fingerprint density at radius 1 is 0.451 bits per heavy atom. The number of ether oxygens (including phenoxy) is 1. The van der Waals surface area contributed by atoms with Gasteiger partial charge in [-0.1, -0.05) is 59.7 Å². The number of thiazole rings is 1. The van der Waals surface area contributed by atoms with Gasteiger partial charge in [0.25, 0.3) is 0 Å². The maximum Gasteiger partial charge on any atom is 0.0667 e. The molecule has 0 saturated heterocycles. The van der Waals surface area contributed by atoms with Crippen LogP contribution in [0.3, 0.4) is 0 Å². The summed E-state index contributed by atoms with van der Waals surface area (Å²) in [5, 5.41) is 3.29. The zero-order valence-electron chi connectivity index (χ0n) is 41.1. The van der Waals surface area contributed by atoms with Crippen molar-refractivity contribution in [2.45, 2.75) is 52.4 Å². The topological polar surface area (TPSA) is 33.5 Å². The molecule has 3 heterocycles. The summed E-state index contributed by atoms with van der Waals surface area (Å²) in [6, 6.07) is 80.4. The second kappa shape index (κ2) is 17.5. The summed E-state index contributed by atoms with van der Waals surface area (Å²) in [6.07, 6.45) is 0. The molecule has 1 aliphatic heterocycles. The summed E-state index contributed by atoms with van der Waals surface area (Å²) >= 11 is -1.85. The van der Waals surface area contributed by atoms with Crippen LogP contribution in [0, 0.1) is 0 Å². The number of nitrogens with zero attached hydrogens (tertiary/aromatic N) is 4. The van der Waals surface area contributed by atoms with Crippen molar-refractivity contribution in [3.05, 3.63) is 230 Å². The summed E-state index contributed by atoms with van der Waals surface area (Å²) in [7, 11) is 0. The van der Waals surface area contributed by atoms with Crippen LogP contribution in [0.15, 0.2) is 218 Å². The number of rotatable bonds is 9. The molecule has 0 radical (unpaired) electrons. The molecular formula is C64H56GeN4OS. The molecule has 348 valence electrons. The van der Waals surface area contributed by atoms with Crippen LogP contribution in [0.1, 0.15) is 52.7 Å². The van der Waals surface area contributed by atoms with Crippen molar-refractivity contribution in [1.29, 1.82) is 0 Å². The van der Waals surface area contributed by atoms with E-state index in [1.165, 1.54) is 51.2 Å². The van der Waals surface area contributed by atoms with Crippen molar-refractivity contribution in [2.24, 2.45) is 0 Å². The van der Waals surface area contributed by atoms with Crippen LogP contribution in [-0.4, -0.2) is 29.5 Å². The van der Waals surface area contributed by atoms with Gasteiger partial charge in [0.15, 0.2) is 0 Å². The van der Waals surface area contributed by atoms with Gasteiger partial charge in [0.2, 0.25) is 0 Å². The average Bonchev–Trinajstić information content (AvgIpc) is 4.09. The minimum absolute atomic E-state index is 0.0103. The van der Waals surface area contributed by atoms with Crippen LogP contribution in [0.5, 0.6) is 11.5 Å². The van der Waals surface area contributed by atoms with Gasteiger partial charge in [-0.15, -0.1) is 0 Å². The van der Waals surface area contributed by atoms with Crippen LogP contribution in [0.4, 0.5) is 22.7 Å². The summed E-state index contributed by atoms with van der Waals surface area (Å²) in [6.45, 7) is 14.5. The molecule has 2 aromatic heterocycles. The van der Waals surface area contributed by atoms with Gasteiger partial charge < -0.3 is 4.90 Å². The van der Waals surface area contributed by atoms with Gasteiger partial charge in [0, 0.05) is 5.69 Å². The Balaban J connectivity index is 0.968. The van der Waals surface area contributed by atoms with E-state index >= 15 is 0 Å². The molecule has 7 heteroatoms. The van der Waals surface area contributed by atoms with Gasteiger partial charge in [-0.05, 0) is 46.2 Å². The fourth-order valence-electron chi connectivity index (χ4n) is 10.7. The number of para-hydroxylation sites is 3. The Morgan fingerprint density at radius 2 is 1.01 bits per heavy atom. The van der Waals surface area contributed by atoms with Crippen molar-refractivity contribution in [2.75, 3.05) is 16.5 Å². The fourth-order valence-corrected chi connectivity index (χ4v) is 21.7. The summed E-state index contributed by atoms with van der Waals surface area (Å²) < 4.78 is 16.0. The van der Waals surface area contributed by atoms with Gasteiger partial charge in [0.1, 0.15) is 6.67 Å². The average molecular weight is 1000 g/mol. The zero-order chi connectivity index (χ0) is 48.5. The van der Waals surface area contributed by atoms with Crippen molar-refractivity contribution >= 4 is 97.0 Å².